The maximum absolute atomic E-state index is 12.0. The van der Waals surface area contributed by atoms with Crippen LogP contribution in [0.1, 0.15) is 21.5 Å². The van der Waals surface area contributed by atoms with Crippen molar-refractivity contribution in [2.24, 2.45) is 5.10 Å². The molecule has 0 heterocycles. The first kappa shape index (κ1) is 21.1. The van der Waals surface area contributed by atoms with Gasteiger partial charge in [0.15, 0.2) is 6.61 Å². The van der Waals surface area contributed by atoms with Crippen LogP contribution in [-0.4, -0.2) is 24.6 Å². The van der Waals surface area contributed by atoms with Gasteiger partial charge in [0, 0.05) is 16.3 Å². The zero-order valence-electron chi connectivity index (χ0n) is 16.3. The number of hydrogen-bond acceptors (Lipinski definition) is 4. The Hall–Kier alpha value is -3.64. The number of nitrogens with one attached hydrogen (secondary N) is 2. The van der Waals surface area contributed by atoms with Crippen molar-refractivity contribution in [3.05, 3.63) is 94.5 Å². The molecule has 0 bridgehead atoms. The fraction of sp³-hybridized carbons (Fsp3) is 0.0870. The third-order valence-corrected chi connectivity index (χ3v) is 4.25. The number of carbonyl (C=O) groups is 2. The van der Waals surface area contributed by atoms with Gasteiger partial charge < -0.3 is 10.1 Å². The highest BCUT2D eigenvalue weighted by atomic mass is 35.5. The highest BCUT2D eigenvalue weighted by Crippen LogP contribution is 2.13. The van der Waals surface area contributed by atoms with Crippen LogP contribution < -0.4 is 15.5 Å². The van der Waals surface area contributed by atoms with Crippen molar-refractivity contribution in [3.63, 3.8) is 0 Å². The van der Waals surface area contributed by atoms with Gasteiger partial charge in [-0.1, -0.05) is 29.8 Å². The second-order valence-corrected chi connectivity index (χ2v) is 6.92. The Morgan fingerprint density at radius 1 is 1.03 bits per heavy atom. The number of hydrazone groups is 1. The Morgan fingerprint density at radius 3 is 2.53 bits per heavy atom. The van der Waals surface area contributed by atoms with Crippen LogP contribution in [0.25, 0.3) is 0 Å². The van der Waals surface area contributed by atoms with Gasteiger partial charge in [-0.2, -0.15) is 5.10 Å². The van der Waals surface area contributed by atoms with Crippen LogP contribution in [0.3, 0.4) is 0 Å². The van der Waals surface area contributed by atoms with Crippen LogP contribution in [0.15, 0.2) is 77.9 Å². The van der Waals surface area contributed by atoms with Crippen molar-refractivity contribution in [2.75, 3.05) is 11.9 Å². The Kier molecular flexibility index (Phi) is 7.19. The summed E-state index contributed by atoms with van der Waals surface area (Å²) in [6.07, 6.45) is 1.51. The molecule has 0 fully saturated rings. The minimum absolute atomic E-state index is 0.100. The topological polar surface area (TPSA) is 79.8 Å². The molecule has 0 aliphatic heterocycles. The van der Waals surface area contributed by atoms with Gasteiger partial charge in [0.1, 0.15) is 5.75 Å². The first-order valence-electron chi connectivity index (χ1n) is 9.18. The van der Waals surface area contributed by atoms with Gasteiger partial charge in [0.05, 0.1) is 6.21 Å². The molecule has 30 heavy (non-hydrogen) atoms. The Balaban J connectivity index is 1.47. The second kappa shape index (κ2) is 10.2. The van der Waals surface area contributed by atoms with Crippen LogP contribution in [0.4, 0.5) is 5.69 Å². The normalized spacial score (nSPS) is 10.6. The minimum Gasteiger partial charge on any atom is -0.484 e. The zero-order chi connectivity index (χ0) is 21.3. The zero-order valence-corrected chi connectivity index (χ0v) is 17.0. The Morgan fingerprint density at radius 2 is 1.80 bits per heavy atom. The number of aryl methyl sites for hydroxylation is 1. The summed E-state index contributed by atoms with van der Waals surface area (Å²) in [6.45, 7) is 1.86. The van der Waals surface area contributed by atoms with E-state index < -0.39 is 0 Å². The van der Waals surface area contributed by atoms with Gasteiger partial charge in [-0.25, -0.2) is 5.43 Å². The maximum Gasteiger partial charge on any atom is 0.271 e. The van der Waals surface area contributed by atoms with Gasteiger partial charge in [-0.3, -0.25) is 9.59 Å². The van der Waals surface area contributed by atoms with Crippen molar-refractivity contribution in [3.8, 4) is 5.75 Å². The van der Waals surface area contributed by atoms with E-state index in [1.807, 2.05) is 31.2 Å². The number of amides is 2. The van der Waals surface area contributed by atoms with Crippen LogP contribution in [0.2, 0.25) is 5.02 Å². The molecule has 6 nitrogen and oxygen atoms in total. The lowest BCUT2D eigenvalue weighted by Gasteiger charge is -2.08. The molecule has 2 amide bonds. The van der Waals surface area contributed by atoms with Crippen molar-refractivity contribution in [2.45, 2.75) is 6.92 Å². The van der Waals surface area contributed by atoms with Crippen molar-refractivity contribution >= 4 is 35.3 Å². The lowest BCUT2D eigenvalue weighted by atomic mass is 10.2. The van der Waals surface area contributed by atoms with E-state index in [9.17, 15) is 9.59 Å². The molecule has 0 atom stereocenters. The molecule has 2 N–H and O–H groups in total. The van der Waals surface area contributed by atoms with Crippen molar-refractivity contribution < 1.29 is 14.3 Å². The molecule has 0 saturated heterocycles. The van der Waals surface area contributed by atoms with Gasteiger partial charge in [0.25, 0.3) is 11.8 Å². The second-order valence-electron chi connectivity index (χ2n) is 6.48. The van der Waals surface area contributed by atoms with E-state index in [1.165, 1.54) is 6.21 Å². The number of ether oxygens (including phenoxy) is 1. The lowest BCUT2D eigenvalue weighted by molar-refractivity contribution is -0.118. The number of benzene rings is 3. The van der Waals surface area contributed by atoms with E-state index in [1.54, 1.807) is 48.5 Å². The number of carbonyl (C=O) groups excluding carboxylic acids is 2. The fourth-order valence-corrected chi connectivity index (χ4v) is 2.77. The number of anilines is 1. The molecule has 152 valence electrons. The monoisotopic (exact) mass is 421 g/mol. The first-order chi connectivity index (χ1) is 14.5. The SMILES string of the molecule is Cc1cccc(NC(=O)COc2ccc(/C=N\NC(=O)c3cccc(Cl)c3)cc2)c1. The number of rotatable bonds is 7. The predicted octanol–water partition coefficient (Wildman–Crippen LogP) is 4.43. The quantitative estimate of drug-likeness (QED) is 0.437. The summed E-state index contributed by atoms with van der Waals surface area (Å²) in [5.74, 6) is -0.0437. The summed E-state index contributed by atoms with van der Waals surface area (Å²) in [7, 11) is 0. The van der Waals surface area contributed by atoms with E-state index in [2.05, 4.69) is 15.8 Å². The molecular weight excluding hydrogens is 402 g/mol. The molecule has 0 saturated carbocycles. The third kappa shape index (κ3) is 6.46. The number of halogens is 1. The van der Waals surface area contributed by atoms with E-state index >= 15 is 0 Å². The van der Waals surface area contributed by atoms with Gasteiger partial charge >= 0.3 is 0 Å². The van der Waals surface area contributed by atoms with E-state index in [4.69, 9.17) is 16.3 Å². The molecule has 0 aromatic heterocycles. The van der Waals surface area contributed by atoms with E-state index in [-0.39, 0.29) is 18.4 Å². The molecule has 0 spiro atoms. The highest BCUT2D eigenvalue weighted by molar-refractivity contribution is 6.30. The highest BCUT2D eigenvalue weighted by Gasteiger charge is 2.05. The Bertz CT molecular complexity index is 1070. The fourth-order valence-electron chi connectivity index (χ4n) is 2.58. The Labute approximate surface area is 179 Å². The van der Waals surface area contributed by atoms with Crippen LogP contribution in [0, 0.1) is 6.92 Å². The number of nitrogens with zero attached hydrogens (tertiary/aromatic N) is 1. The molecule has 3 rings (SSSR count). The van der Waals surface area contributed by atoms with Crippen molar-refractivity contribution in [1.82, 2.24) is 5.43 Å². The van der Waals surface area contributed by atoms with Gasteiger partial charge in [-0.05, 0) is 72.6 Å². The summed E-state index contributed by atoms with van der Waals surface area (Å²) in [4.78, 5) is 24.0. The first-order valence-corrected chi connectivity index (χ1v) is 9.56. The van der Waals surface area contributed by atoms with Gasteiger partial charge in [-0.15, -0.1) is 0 Å². The molecule has 0 aliphatic rings. The predicted molar refractivity (Wildman–Crippen MR) is 118 cm³/mol. The molecule has 3 aromatic rings. The molecule has 3 aromatic carbocycles. The molecule has 0 radical (unpaired) electrons. The molecular formula is C23H20ClN3O3. The van der Waals surface area contributed by atoms with Crippen LogP contribution >= 0.6 is 11.6 Å². The smallest absolute Gasteiger partial charge is 0.271 e. The summed E-state index contributed by atoms with van der Waals surface area (Å²) in [6, 6.07) is 21.1. The lowest BCUT2D eigenvalue weighted by Crippen LogP contribution is -2.20. The molecule has 7 heteroatoms. The average Bonchev–Trinajstić information content (AvgIpc) is 2.73. The van der Waals surface area contributed by atoms with Crippen molar-refractivity contribution in [1.29, 1.82) is 0 Å². The third-order valence-electron chi connectivity index (χ3n) is 4.02. The van der Waals surface area contributed by atoms with Crippen LogP contribution in [0.5, 0.6) is 5.75 Å². The maximum atomic E-state index is 12.0. The molecule has 0 aliphatic carbocycles. The minimum atomic E-state index is -0.353. The summed E-state index contributed by atoms with van der Waals surface area (Å²) < 4.78 is 5.50. The summed E-state index contributed by atoms with van der Waals surface area (Å²) in [5.41, 5.74) is 5.43. The standard InChI is InChI=1S/C23H20ClN3O3/c1-16-4-2-7-20(12-16)26-22(28)15-30-21-10-8-17(9-11-21)14-25-27-23(29)18-5-3-6-19(24)13-18/h2-14H,15H2,1H3,(H,26,28)(H,27,29)/b25-14-. The van der Waals surface area contributed by atoms with E-state index in [0.29, 0.717) is 16.3 Å². The average molecular weight is 422 g/mol. The van der Waals surface area contributed by atoms with Crippen LogP contribution in [-0.2, 0) is 4.79 Å². The summed E-state index contributed by atoms with van der Waals surface area (Å²) >= 11 is 5.87. The number of hydrogen-bond donors (Lipinski definition) is 2. The van der Waals surface area contributed by atoms with Gasteiger partial charge in [0.2, 0.25) is 0 Å². The largest absolute Gasteiger partial charge is 0.484 e. The van der Waals surface area contributed by atoms with E-state index in [0.717, 1.165) is 16.8 Å². The molecule has 0 unspecified atom stereocenters. The summed E-state index contributed by atoms with van der Waals surface area (Å²) in [5, 5.41) is 7.20.